The largest absolute Gasteiger partial charge is 0.444 e. The highest BCUT2D eigenvalue weighted by molar-refractivity contribution is 7.10. The summed E-state index contributed by atoms with van der Waals surface area (Å²) in [7, 11) is 1.43. The summed E-state index contributed by atoms with van der Waals surface area (Å²) >= 11 is 7.30. The van der Waals surface area contributed by atoms with Crippen LogP contribution in [0.3, 0.4) is 0 Å². The maximum atomic E-state index is 14.3. The predicted octanol–water partition coefficient (Wildman–Crippen LogP) is 5.15. The number of nitrogens with zero attached hydrogens (tertiary/aromatic N) is 1. The highest BCUT2D eigenvalue weighted by Crippen LogP contribution is 2.43. The number of anilines is 1. The summed E-state index contributed by atoms with van der Waals surface area (Å²) in [4.78, 5) is 41.0. The Balaban J connectivity index is 1.99. The number of thiophene rings is 1. The molecule has 7 nitrogen and oxygen atoms in total. The van der Waals surface area contributed by atoms with Crippen LogP contribution in [0.5, 0.6) is 0 Å². The van der Waals surface area contributed by atoms with Crippen molar-refractivity contribution in [1.82, 2.24) is 10.2 Å². The van der Waals surface area contributed by atoms with Gasteiger partial charge in [0.05, 0.1) is 16.3 Å². The van der Waals surface area contributed by atoms with Gasteiger partial charge in [0.2, 0.25) is 5.91 Å². The molecule has 34 heavy (non-hydrogen) atoms. The van der Waals surface area contributed by atoms with Crippen LogP contribution in [-0.4, -0.2) is 48.5 Å². The highest BCUT2D eigenvalue weighted by Gasteiger charge is 2.55. The van der Waals surface area contributed by atoms with Crippen LogP contribution in [0.15, 0.2) is 23.6 Å². The van der Waals surface area contributed by atoms with Gasteiger partial charge in [0.15, 0.2) is 0 Å². The van der Waals surface area contributed by atoms with E-state index in [9.17, 15) is 18.8 Å². The molecule has 1 saturated heterocycles. The molecule has 1 aliphatic rings. The van der Waals surface area contributed by atoms with Crippen molar-refractivity contribution in [2.24, 2.45) is 0 Å². The van der Waals surface area contributed by atoms with E-state index in [1.54, 1.807) is 20.8 Å². The summed E-state index contributed by atoms with van der Waals surface area (Å²) in [5.74, 6) is -1.57. The van der Waals surface area contributed by atoms with Crippen molar-refractivity contribution in [2.75, 3.05) is 25.5 Å². The molecule has 1 aliphatic heterocycles. The molecule has 10 heteroatoms. The number of hydrogen-bond donors (Lipinski definition) is 2. The fraction of sp³-hybridized carbons (Fsp3) is 0.458. The number of carbonyl (C=O) groups excluding carboxylic acids is 3. The minimum absolute atomic E-state index is 0.00370. The summed E-state index contributed by atoms with van der Waals surface area (Å²) in [5.41, 5.74) is -0.703. The quantitative estimate of drug-likeness (QED) is 0.583. The fourth-order valence-electron chi connectivity index (χ4n) is 3.83. The zero-order valence-corrected chi connectivity index (χ0v) is 21.6. The van der Waals surface area contributed by atoms with E-state index in [0.717, 1.165) is 16.5 Å². The number of nitrogens with one attached hydrogen (secondary N) is 2. The lowest BCUT2D eigenvalue weighted by Gasteiger charge is -2.48. The van der Waals surface area contributed by atoms with Crippen LogP contribution in [-0.2, 0) is 14.9 Å². The molecule has 2 N–H and O–H groups in total. The second-order valence-corrected chi connectivity index (χ2v) is 10.9. The molecule has 2 aromatic rings. The van der Waals surface area contributed by atoms with E-state index >= 15 is 0 Å². The third-order valence-corrected chi connectivity index (χ3v) is 6.96. The van der Waals surface area contributed by atoms with Crippen LogP contribution >= 0.6 is 22.9 Å². The maximum Gasteiger partial charge on any atom is 0.410 e. The van der Waals surface area contributed by atoms with Gasteiger partial charge in [-0.05, 0) is 55.8 Å². The number of benzene rings is 1. The summed E-state index contributed by atoms with van der Waals surface area (Å²) in [5, 5.41) is 6.87. The van der Waals surface area contributed by atoms with Crippen molar-refractivity contribution < 1.29 is 23.5 Å². The van der Waals surface area contributed by atoms with Crippen LogP contribution in [0.1, 0.15) is 61.3 Å². The van der Waals surface area contributed by atoms with Gasteiger partial charge in [-0.3, -0.25) is 9.59 Å². The molecular weight excluding hydrogens is 481 g/mol. The van der Waals surface area contributed by atoms with E-state index < -0.39 is 34.7 Å². The Morgan fingerprint density at radius 1 is 1.24 bits per heavy atom. The van der Waals surface area contributed by atoms with E-state index in [1.807, 2.05) is 25.3 Å². The average molecular weight is 510 g/mol. The molecule has 0 bridgehead atoms. The van der Waals surface area contributed by atoms with Gasteiger partial charge in [-0.25, -0.2) is 9.18 Å². The number of halogens is 2. The standard InChI is InChI=1S/C24H29ClFN3O4S/c1-13(2)14-7-8-34-19(14)24(11-29(12-24)22(32)33-23(3,4)5)21(31)28-18-10-17(26)16(25)9-15(18)20(30)27-6/h7-10,13H,11-12H2,1-6H3,(H,27,30)(H,28,31). The molecular formula is C24H29ClFN3O4S. The molecule has 184 valence electrons. The lowest BCUT2D eigenvalue weighted by atomic mass is 9.74. The Bertz CT molecular complexity index is 1120. The number of hydrogen-bond acceptors (Lipinski definition) is 5. The molecule has 0 spiro atoms. The van der Waals surface area contributed by atoms with Gasteiger partial charge in [0, 0.05) is 25.0 Å². The first-order valence-corrected chi connectivity index (χ1v) is 12.1. The molecule has 1 aromatic carbocycles. The van der Waals surface area contributed by atoms with Gasteiger partial charge < -0.3 is 20.3 Å². The SMILES string of the molecule is CNC(=O)c1cc(Cl)c(F)cc1NC(=O)C1(c2sccc2C(C)C)CN(C(=O)OC(C)(C)C)C1. The lowest BCUT2D eigenvalue weighted by Crippen LogP contribution is -2.66. The van der Waals surface area contributed by atoms with E-state index in [-0.39, 0.29) is 35.3 Å². The van der Waals surface area contributed by atoms with E-state index in [1.165, 1.54) is 29.4 Å². The normalized spacial score (nSPS) is 15.0. The number of carbonyl (C=O) groups is 3. The van der Waals surface area contributed by atoms with E-state index in [2.05, 4.69) is 10.6 Å². The molecule has 2 heterocycles. The Labute approximate surface area is 207 Å². The van der Waals surface area contributed by atoms with E-state index in [4.69, 9.17) is 16.3 Å². The average Bonchev–Trinajstić information content (AvgIpc) is 3.18. The second kappa shape index (κ2) is 9.54. The first-order chi connectivity index (χ1) is 15.8. The predicted molar refractivity (Wildman–Crippen MR) is 131 cm³/mol. The van der Waals surface area contributed by atoms with Crippen LogP contribution < -0.4 is 10.6 Å². The number of ether oxygens (including phenoxy) is 1. The smallest absolute Gasteiger partial charge is 0.410 e. The van der Waals surface area contributed by atoms with Crippen LogP contribution in [0.4, 0.5) is 14.9 Å². The monoisotopic (exact) mass is 509 g/mol. The van der Waals surface area contributed by atoms with Gasteiger partial charge in [-0.2, -0.15) is 0 Å². The Morgan fingerprint density at radius 3 is 2.44 bits per heavy atom. The van der Waals surface area contributed by atoms with Gasteiger partial charge in [0.25, 0.3) is 5.91 Å². The van der Waals surface area contributed by atoms with Gasteiger partial charge in [-0.1, -0.05) is 25.4 Å². The van der Waals surface area contributed by atoms with Crippen molar-refractivity contribution >= 4 is 46.5 Å². The molecule has 3 amide bonds. The fourth-order valence-corrected chi connectivity index (χ4v) is 5.23. The second-order valence-electron chi connectivity index (χ2n) is 9.62. The van der Waals surface area contributed by atoms with Crippen molar-refractivity contribution in [3.63, 3.8) is 0 Å². The number of amides is 3. The number of rotatable bonds is 5. The Morgan fingerprint density at radius 2 is 1.88 bits per heavy atom. The van der Waals surface area contributed by atoms with Crippen LogP contribution in [0.2, 0.25) is 5.02 Å². The zero-order valence-electron chi connectivity index (χ0n) is 20.0. The molecule has 0 radical (unpaired) electrons. The zero-order chi connectivity index (χ0) is 25.4. The Kier molecular flexibility index (Phi) is 7.28. The van der Waals surface area contributed by atoms with Crippen molar-refractivity contribution in [1.29, 1.82) is 0 Å². The lowest BCUT2D eigenvalue weighted by molar-refractivity contribution is -0.127. The highest BCUT2D eigenvalue weighted by atomic mass is 35.5. The van der Waals surface area contributed by atoms with Gasteiger partial charge in [0.1, 0.15) is 16.8 Å². The van der Waals surface area contributed by atoms with Crippen molar-refractivity contribution in [2.45, 2.75) is 51.6 Å². The minimum Gasteiger partial charge on any atom is -0.444 e. The molecule has 3 rings (SSSR count). The molecule has 0 atom stereocenters. The van der Waals surface area contributed by atoms with Gasteiger partial charge in [-0.15, -0.1) is 11.3 Å². The maximum absolute atomic E-state index is 14.3. The summed E-state index contributed by atoms with van der Waals surface area (Å²) in [6.07, 6.45) is -0.512. The van der Waals surface area contributed by atoms with Crippen molar-refractivity contribution in [3.05, 3.63) is 50.4 Å². The molecule has 0 unspecified atom stereocenters. The third kappa shape index (κ3) is 5.05. The molecule has 0 aliphatic carbocycles. The Hall–Kier alpha value is -2.65. The topological polar surface area (TPSA) is 87.7 Å². The molecule has 1 fully saturated rings. The van der Waals surface area contributed by atoms with Crippen LogP contribution in [0, 0.1) is 5.82 Å². The minimum atomic E-state index is -1.07. The number of likely N-dealkylation sites (tertiary alicyclic amines) is 1. The first-order valence-electron chi connectivity index (χ1n) is 10.9. The summed E-state index contributed by atoms with van der Waals surface area (Å²) in [6, 6.07) is 4.17. The van der Waals surface area contributed by atoms with Gasteiger partial charge >= 0.3 is 6.09 Å². The third-order valence-electron chi connectivity index (χ3n) is 5.54. The summed E-state index contributed by atoms with van der Waals surface area (Å²) < 4.78 is 19.7. The summed E-state index contributed by atoms with van der Waals surface area (Å²) in [6.45, 7) is 9.57. The van der Waals surface area contributed by atoms with Crippen LogP contribution in [0.25, 0.3) is 0 Å². The van der Waals surface area contributed by atoms with E-state index in [0.29, 0.717) is 0 Å². The molecule has 0 saturated carbocycles. The van der Waals surface area contributed by atoms with Crippen molar-refractivity contribution in [3.8, 4) is 0 Å². The molecule has 1 aromatic heterocycles. The first kappa shape index (κ1) is 26.0.